The quantitative estimate of drug-likeness (QED) is 0.508. The van der Waals surface area contributed by atoms with Gasteiger partial charge in [-0.2, -0.15) is 5.10 Å². The summed E-state index contributed by atoms with van der Waals surface area (Å²) in [7, 11) is 0. The van der Waals surface area contributed by atoms with Crippen LogP contribution in [0.4, 0.5) is 18.2 Å². The number of carbonyl (C=O) groups is 2. The third kappa shape index (κ3) is 5.93. The number of hydrogen-bond donors (Lipinski definition) is 4. The molecular formula is C17H13ClF3N5O4S. The summed E-state index contributed by atoms with van der Waals surface area (Å²) >= 11 is 6.70. The van der Waals surface area contributed by atoms with Crippen LogP contribution in [0.15, 0.2) is 46.0 Å². The van der Waals surface area contributed by atoms with Gasteiger partial charge >= 0.3 is 6.36 Å². The van der Waals surface area contributed by atoms with Crippen molar-refractivity contribution in [1.82, 2.24) is 15.7 Å². The maximum atomic E-state index is 12.5. The predicted octanol–water partition coefficient (Wildman–Crippen LogP) is 2.31. The zero-order valence-electron chi connectivity index (χ0n) is 15.2. The Bertz CT molecular complexity index is 1060. The summed E-state index contributed by atoms with van der Waals surface area (Å²) in [5.74, 6) is -1.90. The molecule has 2 aromatic rings. The van der Waals surface area contributed by atoms with Gasteiger partial charge in [0.15, 0.2) is 11.9 Å². The second-order valence-corrected chi connectivity index (χ2v) is 7.17. The number of benzene rings is 1. The normalized spacial score (nSPS) is 16.0. The van der Waals surface area contributed by atoms with E-state index in [-0.39, 0.29) is 33.5 Å². The summed E-state index contributed by atoms with van der Waals surface area (Å²) in [5, 5.41) is 18.0. The highest BCUT2D eigenvalue weighted by atomic mass is 35.5. The van der Waals surface area contributed by atoms with E-state index in [1.54, 1.807) is 0 Å². The Morgan fingerprint density at radius 2 is 2.03 bits per heavy atom. The van der Waals surface area contributed by atoms with Crippen LogP contribution < -0.4 is 20.8 Å². The molecular weight excluding hydrogens is 463 g/mol. The molecule has 1 aromatic heterocycles. The fourth-order valence-corrected chi connectivity index (χ4v) is 3.17. The Balaban J connectivity index is 1.66. The van der Waals surface area contributed by atoms with Crippen LogP contribution in [0.3, 0.4) is 0 Å². The second-order valence-electron chi connectivity index (χ2n) is 5.88. The van der Waals surface area contributed by atoms with Crippen molar-refractivity contribution in [3.8, 4) is 5.75 Å². The van der Waals surface area contributed by atoms with Crippen molar-refractivity contribution in [2.45, 2.75) is 19.1 Å². The van der Waals surface area contributed by atoms with Gasteiger partial charge in [-0.15, -0.1) is 24.5 Å². The average Bonchev–Trinajstić information content (AvgIpc) is 3.16. The van der Waals surface area contributed by atoms with E-state index in [0.717, 1.165) is 23.5 Å². The number of para-hydroxylation sites is 1. The number of hydrogen-bond acceptors (Lipinski definition) is 8. The Labute approximate surface area is 181 Å². The molecule has 4 N–H and O–H groups in total. The smallest absolute Gasteiger partial charge is 0.405 e. The molecule has 2 heterocycles. The number of rotatable bonds is 6. The molecule has 1 unspecified atom stereocenters. The lowest BCUT2D eigenvalue weighted by Crippen LogP contribution is -2.34. The summed E-state index contributed by atoms with van der Waals surface area (Å²) in [5.41, 5.74) is 3.34. The monoisotopic (exact) mass is 475 g/mol. The molecule has 9 nitrogen and oxygen atoms in total. The number of aliphatic hydroxyl groups excluding tert-OH is 1. The number of nitrogens with one attached hydrogen (secondary N) is 3. The lowest BCUT2D eigenvalue weighted by Gasteiger charge is -2.15. The van der Waals surface area contributed by atoms with E-state index in [9.17, 15) is 27.9 Å². The molecule has 1 aliphatic rings. The molecule has 0 radical (unpaired) electrons. The van der Waals surface area contributed by atoms with Gasteiger partial charge in [-0.25, -0.2) is 4.98 Å². The van der Waals surface area contributed by atoms with Crippen molar-refractivity contribution < 1.29 is 32.6 Å². The Hall–Kier alpha value is -3.16. The first kappa shape index (κ1) is 22.5. The largest absolute Gasteiger partial charge is 0.573 e. The molecule has 0 saturated carbocycles. The van der Waals surface area contributed by atoms with E-state index in [0.29, 0.717) is 0 Å². The van der Waals surface area contributed by atoms with E-state index >= 15 is 0 Å². The molecule has 1 aromatic carbocycles. The first-order valence-corrected chi connectivity index (χ1v) is 9.65. The number of alkyl halides is 3. The van der Waals surface area contributed by atoms with Crippen molar-refractivity contribution in [3.63, 3.8) is 0 Å². The van der Waals surface area contributed by atoms with E-state index in [1.165, 1.54) is 23.7 Å². The first-order chi connectivity index (χ1) is 14.6. The van der Waals surface area contributed by atoms with Gasteiger partial charge in [0, 0.05) is 12.1 Å². The highest BCUT2D eigenvalue weighted by Gasteiger charge is 2.32. The standard InChI is InChI=1S/C17H13ClF3N5O4S/c18-9-5-10(25-26-13(9)27)14(28)24-16-12(23-7-31-16)15(29)22-6-8-3-1-2-4-11(8)30-17(19,20)21/h1-5,7,13,26-27H,6H2,(H,22,29)(H,24,28). The van der Waals surface area contributed by atoms with Gasteiger partial charge in [0.05, 0.1) is 10.5 Å². The van der Waals surface area contributed by atoms with Gasteiger partial charge in [-0.3, -0.25) is 15.0 Å². The summed E-state index contributed by atoms with van der Waals surface area (Å²) in [6.45, 7) is -0.275. The van der Waals surface area contributed by atoms with Crippen LogP contribution in [0.1, 0.15) is 16.1 Å². The molecule has 0 aliphatic carbocycles. The number of anilines is 1. The zero-order valence-corrected chi connectivity index (χ0v) is 16.8. The molecule has 1 aliphatic heterocycles. The topological polar surface area (TPSA) is 125 Å². The van der Waals surface area contributed by atoms with Gasteiger partial charge in [0.2, 0.25) is 0 Å². The fraction of sp³-hybridized carbons (Fsp3) is 0.176. The molecule has 0 spiro atoms. The number of ether oxygens (including phenoxy) is 1. The summed E-state index contributed by atoms with van der Waals surface area (Å²) in [6.07, 6.45) is -4.96. The van der Waals surface area contributed by atoms with Crippen molar-refractivity contribution in [3.05, 3.63) is 52.1 Å². The summed E-state index contributed by atoms with van der Waals surface area (Å²) in [4.78, 5) is 28.6. The summed E-state index contributed by atoms with van der Waals surface area (Å²) in [6, 6.07) is 5.35. The first-order valence-electron chi connectivity index (χ1n) is 8.39. The van der Waals surface area contributed by atoms with Crippen LogP contribution in [0.25, 0.3) is 0 Å². The van der Waals surface area contributed by atoms with Crippen molar-refractivity contribution in [2.24, 2.45) is 5.10 Å². The molecule has 0 bridgehead atoms. The van der Waals surface area contributed by atoms with E-state index in [1.807, 2.05) is 0 Å². The van der Waals surface area contributed by atoms with Gasteiger partial charge in [0.25, 0.3) is 11.8 Å². The van der Waals surface area contributed by atoms with Crippen molar-refractivity contribution in [1.29, 1.82) is 0 Å². The van der Waals surface area contributed by atoms with E-state index < -0.39 is 30.2 Å². The number of hydrazone groups is 1. The minimum absolute atomic E-state index is 0.0536. The number of halogens is 4. The number of carbonyl (C=O) groups excluding carboxylic acids is 2. The SMILES string of the molecule is O=C(Nc1scnc1C(=O)NCc1ccccc1OC(F)(F)F)C1=NNC(O)C(Cl)=C1. The van der Waals surface area contributed by atoms with Gasteiger partial charge < -0.3 is 20.5 Å². The van der Waals surface area contributed by atoms with E-state index in [2.05, 4.69) is 30.9 Å². The molecule has 14 heteroatoms. The molecule has 164 valence electrons. The van der Waals surface area contributed by atoms with Crippen molar-refractivity contribution in [2.75, 3.05) is 5.32 Å². The van der Waals surface area contributed by atoms with Crippen LogP contribution >= 0.6 is 22.9 Å². The fourth-order valence-electron chi connectivity index (χ4n) is 2.35. The van der Waals surface area contributed by atoms with Crippen LogP contribution in [0.2, 0.25) is 0 Å². The molecule has 31 heavy (non-hydrogen) atoms. The maximum Gasteiger partial charge on any atom is 0.573 e. The number of aromatic nitrogens is 1. The number of nitrogens with zero attached hydrogens (tertiary/aromatic N) is 2. The molecule has 0 saturated heterocycles. The highest BCUT2D eigenvalue weighted by Crippen LogP contribution is 2.26. The molecule has 2 amide bonds. The summed E-state index contributed by atoms with van der Waals surface area (Å²) < 4.78 is 41.5. The number of amides is 2. The highest BCUT2D eigenvalue weighted by molar-refractivity contribution is 7.14. The lowest BCUT2D eigenvalue weighted by molar-refractivity contribution is -0.274. The molecule has 1 atom stereocenters. The number of thiazole rings is 1. The van der Waals surface area contributed by atoms with Crippen LogP contribution in [-0.2, 0) is 11.3 Å². The average molecular weight is 476 g/mol. The third-order valence-corrected chi connectivity index (χ3v) is 4.78. The Morgan fingerprint density at radius 3 is 2.74 bits per heavy atom. The number of aliphatic hydroxyl groups is 1. The second kappa shape index (κ2) is 9.32. The third-order valence-electron chi connectivity index (χ3n) is 3.72. The Kier molecular flexibility index (Phi) is 6.77. The van der Waals surface area contributed by atoms with Crippen molar-refractivity contribution >= 4 is 45.5 Å². The minimum Gasteiger partial charge on any atom is -0.405 e. The van der Waals surface area contributed by atoms with Gasteiger partial charge in [-0.1, -0.05) is 29.8 Å². The van der Waals surface area contributed by atoms with Crippen LogP contribution in [0, 0.1) is 0 Å². The molecule has 3 rings (SSSR count). The minimum atomic E-state index is -4.88. The van der Waals surface area contributed by atoms with Gasteiger partial charge in [-0.05, 0) is 12.1 Å². The molecule has 0 fully saturated rings. The van der Waals surface area contributed by atoms with Gasteiger partial charge in [0.1, 0.15) is 16.5 Å². The van der Waals surface area contributed by atoms with E-state index in [4.69, 9.17) is 11.6 Å². The van der Waals surface area contributed by atoms with Crippen LogP contribution in [-0.4, -0.2) is 40.2 Å². The van der Waals surface area contributed by atoms with Crippen LogP contribution in [0.5, 0.6) is 5.75 Å². The predicted molar refractivity (Wildman–Crippen MR) is 106 cm³/mol. The zero-order chi connectivity index (χ0) is 22.6. The maximum absolute atomic E-state index is 12.5. The Morgan fingerprint density at radius 1 is 1.29 bits per heavy atom. The lowest BCUT2D eigenvalue weighted by atomic mass is 10.2.